The fraction of sp³-hybridized carbons (Fsp3) is 0.364. The lowest BCUT2D eigenvalue weighted by atomic mass is 10.3. The van der Waals surface area contributed by atoms with Gasteiger partial charge in [-0.2, -0.15) is 0 Å². The molecule has 0 aliphatic rings. The number of hydrogen-bond acceptors (Lipinski definition) is 3. The number of ketones is 1. The fourth-order valence-electron chi connectivity index (χ4n) is 0.957. The Kier molecular flexibility index (Phi) is 4.53. The lowest BCUT2D eigenvalue weighted by Gasteiger charge is -2.02. The van der Waals surface area contributed by atoms with Gasteiger partial charge in [-0.3, -0.25) is 4.79 Å². The summed E-state index contributed by atoms with van der Waals surface area (Å²) in [6.45, 7) is 1.88. The van der Waals surface area contributed by atoms with E-state index in [1.165, 1.54) is 0 Å². The molecule has 3 heteroatoms. The van der Waals surface area contributed by atoms with Crippen LogP contribution in [0.15, 0.2) is 29.2 Å². The Morgan fingerprint density at radius 1 is 1.50 bits per heavy atom. The molecule has 1 aromatic rings. The summed E-state index contributed by atoms with van der Waals surface area (Å²) in [6.07, 6.45) is 0.608. The zero-order valence-electron chi connectivity index (χ0n) is 8.45. The molecule has 0 N–H and O–H groups in total. The first-order valence-corrected chi connectivity index (χ1v) is 5.53. The summed E-state index contributed by atoms with van der Waals surface area (Å²) >= 11 is 1.55. The number of methoxy groups -OCH3 is 1. The molecular formula is C11H14O2S. The molecule has 76 valence electrons. The predicted octanol–water partition coefficient (Wildman–Crippen LogP) is 2.77. The highest BCUT2D eigenvalue weighted by atomic mass is 32.2. The average Bonchev–Trinajstić information content (AvgIpc) is 2.26. The molecule has 0 aliphatic heterocycles. The summed E-state index contributed by atoms with van der Waals surface area (Å²) in [5, 5.41) is 0. The quantitative estimate of drug-likeness (QED) is 0.699. The molecule has 0 radical (unpaired) electrons. The van der Waals surface area contributed by atoms with Crippen molar-refractivity contribution in [1.29, 1.82) is 0 Å². The molecule has 1 rings (SSSR count). The molecule has 0 aromatic heterocycles. The molecule has 0 heterocycles. The van der Waals surface area contributed by atoms with Gasteiger partial charge >= 0.3 is 0 Å². The van der Waals surface area contributed by atoms with Crippen molar-refractivity contribution in [2.24, 2.45) is 0 Å². The summed E-state index contributed by atoms with van der Waals surface area (Å²) in [6, 6.07) is 7.74. The van der Waals surface area contributed by atoms with Crippen molar-refractivity contribution in [3.8, 4) is 5.75 Å². The van der Waals surface area contributed by atoms with Gasteiger partial charge < -0.3 is 4.74 Å². The molecule has 0 atom stereocenters. The van der Waals surface area contributed by atoms with E-state index in [0.29, 0.717) is 12.2 Å². The molecule has 2 nitrogen and oxygen atoms in total. The molecule has 1 aromatic carbocycles. The van der Waals surface area contributed by atoms with Gasteiger partial charge in [-0.05, 0) is 18.2 Å². The minimum absolute atomic E-state index is 0.276. The number of thioether (sulfide) groups is 1. The molecule has 14 heavy (non-hydrogen) atoms. The monoisotopic (exact) mass is 210 g/mol. The first-order valence-electron chi connectivity index (χ1n) is 4.54. The van der Waals surface area contributed by atoms with Crippen LogP contribution in [0, 0.1) is 0 Å². The lowest BCUT2D eigenvalue weighted by molar-refractivity contribution is -0.116. The van der Waals surface area contributed by atoms with Crippen LogP contribution in [0.1, 0.15) is 13.3 Å². The second kappa shape index (κ2) is 5.70. The Morgan fingerprint density at radius 2 is 2.29 bits per heavy atom. The lowest BCUT2D eigenvalue weighted by Crippen LogP contribution is -1.97. The molecule has 0 spiro atoms. The topological polar surface area (TPSA) is 26.3 Å². The number of carbonyl (C=O) groups excluding carboxylic acids is 1. The van der Waals surface area contributed by atoms with E-state index in [-0.39, 0.29) is 5.78 Å². The molecule has 0 aliphatic carbocycles. The summed E-state index contributed by atoms with van der Waals surface area (Å²) < 4.78 is 5.09. The maximum absolute atomic E-state index is 11.1. The van der Waals surface area contributed by atoms with Crippen LogP contribution in [0.25, 0.3) is 0 Å². The highest BCUT2D eigenvalue weighted by molar-refractivity contribution is 8.00. The zero-order valence-corrected chi connectivity index (χ0v) is 9.26. The van der Waals surface area contributed by atoms with Crippen LogP contribution in [-0.2, 0) is 4.79 Å². The van der Waals surface area contributed by atoms with Crippen molar-refractivity contribution >= 4 is 17.5 Å². The number of Topliss-reactive ketones (excluding diaryl/α,β-unsaturated/α-hetero) is 1. The van der Waals surface area contributed by atoms with Gasteiger partial charge in [0.25, 0.3) is 0 Å². The van der Waals surface area contributed by atoms with Gasteiger partial charge in [-0.1, -0.05) is 13.0 Å². The van der Waals surface area contributed by atoms with E-state index in [4.69, 9.17) is 4.74 Å². The highest BCUT2D eigenvalue weighted by Gasteiger charge is 2.00. The third-order valence-electron chi connectivity index (χ3n) is 1.84. The fourth-order valence-corrected chi connectivity index (χ4v) is 1.86. The number of rotatable bonds is 5. The average molecular weight is 210 g/mol. The first-order chi connectivity index (χ1) is 6.76. The van der Waals surface area contributed by atoms with Gasteiger partial charge in [0.05, 0.1) is 12.9 Å². The molecule has 0 unspecified atom stereocenters. The molecule has 0 saturated carbocycles. The van der Waals surface area contributed by atoms with Crippen molar-refractivity contribution in [2.45, 2.75) is 18.2 Å². The molecule has 0 fully saturated rings. The zero-order chi connectivity index (χ0) is 10.4. The largest absolute Gasteiger partial charge is 0.497 e. The first kappa shape index (κ1) is 11.1. The third-order valence-corrected chi connectivity index (χ3v) is 2.89. The highest BCUT2D eigenvalue weighted by Crippen LogP contribution is 2.22. The van der Waals surface area contributed by atoms with Crippen molar-refractivity contribution in [1.82, 2.24) is 0 Å². The van der Waals surface area contributed by atoms with E-state index in [2.05, 4.69) is 0 Å². The second-order valence-corrected chi connectivity index (χ2v) is 3.91. The van der Waals surface area contributed by atoms with E-state index in [1.54, 1.807) is 18.9 Å². The Balaban J connectivity index is 2.54. The van der Waals surface area contributed by atoms with Crippen molar-refractivity contribution in [2.75, 3.05) is 12.9 Å². The van der Waals surface area contributed by atoms with Crippen molar-refractivity contribution < 1.29 is 9.53 Å². The van der Waals surface area contributed by atoms with Crippen LogP contribution >= 0.6 is 11.8 Å². The summed E-state index contributed by atoms with van der Waals surface area (Å²) in [5.41, 5.74) is 0. The molecule has 0 amide bonds. The maximum atomic E-state index is 11.1. The van der Waals surface area contributed by atoms with Crippen molar-refractivity contribution in [3.05, 3.63) is 24.3 Å². The Bertz CT molecular complexity index is 310. The Morgan fingerprint density at radius 3 is 2.93 bits per heavy atom. The van der Waals surface area contributed by atoms with Crippen LogP contribution in [0.3, 0.4) is 0 Å². The Hall–Kier alpha value is -0.960. The number of ether oxygens (including phenoxy) is 1. The Labute approximate surface area is 88.7 Å². The normalized spacial score (nSPS) is 9.86. The number of carbonyl (C=O) groups is 1. The van der Waals surface area contributed by atoms with Gasteiger partial charge in [0, 0.05) is 11.3 Å². The van der Waals surface area contributed by atoms with Gasteiger partial charge in [0.1, 0.15) is 11.5 Å². The van der Waals surface area contributed by atoms with Gasteiger partial charge in [0.15, 0.2) is 0 Å². The molecular weight excluding hydrogens is 196 g/mol. The van der Waals surface area contributed by atoms with E-state index in [0.717, 1.165) is 10.6 Å². The molecule has 0 saturated heterocycles. The van der Waals surface area contributed by atoms with E-state index < -0.39 is 0 Å². The van der Waals surface area contributed by atoms with Gasteiger partial charge in [-0.15, -0.1) is 11.8 Å². The smallest absolute Gasteiger partial charge is 0.142 e. The number of hydrogen-bond donors (Lipinski definition) is 0. The maximum Gasteiger partial charge on any atom is 0.142 e. The standard InChI is InChI=1S/C11H14O2S/c1-3-9(12)8-14-11-6-4-5-10(7-11)13-2/h4-7H,3,8H2,1-2H3. The second-order valence-electron chi connectivity index (χ2n) is 2.86. The van der Waals surface area contributed by atoms with Crippen LogP contribution in [0.5, 0.6) is 5.75 Å². The summed E-state index contributed by atoms with van der Waals surface area (Å²) in [5.74, 6) is 1.65. The number of benzene rings is 1. The SMILES string of the molecule is CCC(=O)CSc1cccc(OC)c1. The molecule has 0 bridgehead atoms. The third kappa shape index (κ3) is 3.42. The van der Waals surface area contributed by atoms with Crippen LogP contribution < -0.4 is 4.74 Å². The van der Waals surface area contributed by atoms with Crippen LogP contribution in [0.2, 0.25) is 0 Å². The van der Waals surface area contributed by atoms with Crippen LogP contribution in [-0.4, -0.2) is 18.6 Å². The van der Waals surface area contributed by atoms with E-state index >= 15 is 0 Å². The van der Waals surface area contributed by atoms with E-state index in [9.17, 15) is 4.79 Å². The summed E-state index contributed by atoms with van der Waals surface area (Å²) in [4.78, 5) is 12.2. The van der Waals surface area contributed by atoms with Gasteiger partial charge in [0.2, 0.25) is 0 Å². The minimum Gasteiger partial charge on any atom is -0.497 e. The van der Waals surface area contributed by atoms with Gasteiger partial charge in [-0.25, -0.2) is 0 Å². The van der Waals surface area contributed by atoms with Crippen LogP contribution in [0.4, 0.5) is 0 Å². The van der Waals surface area contributed by atoms with Crippen molar-refractivity contribution in [3.63, 3.8) is 0 Å². The van der Waals surface area contributed by atoms with E-state index in [1.807, 2.05) is 31.2 Å². The minimum atomic E-state index is 0.276. The summed E-state index contributed by atoms with van der Waals surface area (Å²) in [7, 11) is 1.64. The predicted molar refractivity (Wildman–Crippen MR) is 59.0 cm³/mol.